The minimum absolute atomic E-state index is 0.0415. The number of aryl methyl sites for hydroxylation is 1. The number of aliphatic hydroxyl groups is 2. The summed E-state index contributed by atoms with van der Waals surface area (Å²) in [6.07, 6.45) is 3.80. The van der Waals surface area contributed by atoms with Gasteiger partial charge in [0.05, 0.1) is 6.10 Å². The smallest absolute Gasteiger partial charge is 0.304 e. The number of benzene rings is 1. The standard InChI is InChI=1S/C27H35F3O3/c1-3-27-13-12-16-14-18(31)8-9-19(16)23(27)17(15-26(2)21(27)10-11-22(26)33)6-4-5-7-20(32)24(28)25(29)30/h3,8-9,14,17,20-23,31-33H,1,4-7,10-13,15H2,2H3/t17-,20?,21+,22-,23+,26-,27-/m0/s1. The van der Waals surface area contributed by atoms with E-state index in [1.165, 1.54) is 5.56 Å². The SMILES string of the molecule is C=C[C@@]12CCc3cc(O)ccc3[C@H]1[C@@H](CCCCC(O)C(F)=C(F)F)C[C@@]1(C)[C@H]2CC[C@@H]1O. The molecule has 3 aliphatic carbocycles. The highest BCUT2D eigenvalue weighted by atomic mass is 19.3. The van der Waals surface area contributed by atoms with Crippen LogP contribution in [0.5, 0.6) is 5.75 Å². The van der Waals surface area contributed by atoms with Crippen molar-refractivity contribution in [1.29, 1.82) is 0 Å². The highest BCUT2D eigenvalue weighted by Gasteiger charge is 2.63. The Morgan fingerprint density at radius 1 is 1.24 bits per heavy atom. The van der Waals surface area contributed by atoms with Gasteiger partial charge in [-0.25, -0.2) is 4.39 Å². The Labute approximate surface area is 194 Å². The molecule has 1 aromatic carbocycles. The van der Waals surface area contributed by atoms with Gasteiger partial charge in [-0.3, -0.25) is 0 Å². The molecule has 1 unspecified atom stereocenters. The van der Waals surface area contributed by atoms with Crippen LogP contribution in [0.4, 0.5) is 13.2 Å². The van der Waals surface area contributed by atoms with Crippen molar-refractivity contribution >= 4 is 0 Å². The number of aromatic hydroxyl groups is 1. The van der Waals surface area contributed by atoms with E-state index < -0.39 is 18.0 Å². The van der Waals surface area contributed by atoms with E-state index in [0.29, 0.717) is 18.8 Å². The third-order valence-corrected chi connectivity index (χ3v) is 9.13. The van der Waals surface area contributed by atoms with Gasteiger partial charge < -0.3 is 15.3 Å². The molecule has 3 nitrogen and oxygen atoms in total. The third kappa shape index (κ3) is 4.03. The first-order valence-corrected chi connectivity index (χ1v) is 12.2. The van der Waals surface area contributed by atoms with Crippen LogP contribution in [-0.4, -0.2) is 27.5 Å². The largest absolute Gasteiger partial charge is 0.508 e. The Bertz CT molecular complexity index is 927. The summed E-state index contributed by atoms with van der Waals surface area (Å²) in [7, 11) is 0. The molecule has 0 spiro atoms. The number of hydrogen-bond acceptors (Lipinski definition) is 3. The van der Waals surface area contributed by atoms with Gasteiger partial charge in [-0.05, 0) is 96.8 Å². The maximum atomic E-state index is 13.3. The van der Waals surface area contributed by atoms with Crippen LogP contribution in [-0.2, 0) is 6.42 Å². The molecule has 3 aliphatic rings. The molecule has 2 saturated carbocycles. The number of allylic oxidation sites excluding steroid dienone is 1. The number of phenolic OH excluding ortho intramolecular Hbond substituents is 1. The molecular weight excluding hydrogens is 429 g/mol. The van der Waals surface area contributed by atoms with Gasteiger partial charge in [0.15, 0.2) is 5.83 Å². The van der Waals surface area contributed by atoms with Crippen molar-refractivity contribution < 1.29 is 28.5 Å². The fourth-order valence-corrected chi connectivity index (χ4v) is 7.69. The van der Waals surface area contributed by atoms with E-state index in [9.17, 15) is 28.5 Å². The van der Waals surface area contributed by atoms with E-state index in [2.05, 4.69) is 19.6 Å². The average molecular weight is 465 g/mol. The molecule has 0 aliphatic heterocycles. The lowest BCUT2D eigenvalue weighted by atomic mass is 9.44. The number of hydrogen-bond donors (Lipinski definition) is 3. The van der Waals surface area contributed by atoms with Gasteiger partial charge in [0.2, 0.25) is 0 Å². The average Bonchev–Trinajstić information content (AvgIpc) is 3.09. The molecule has 0 heterocycles. The molecule has 0 aromatic heterocycles. The maximum absolute atomic E-state index is 13.3. The number of halogens is 3. The third-order valence-electron chi connectivity index (χ3n) is 9.13. The zero-order valence-electron chi connectivity index (χ0n) is 19.2. The van der Waals surface area contributed by atoms with Crippen LogP contribution >= 0.6 is 0 Å². The van der Waals surface area contributed by atoms with Gasteiger partial charge in [-0.1, -0.05) is 31.9 Å². The Morgan fingerprint density at radius 3 is 2.70 bits per heavy atom. The lowest BCUT2D eigenvalue weighted by Crippen LogP contribution is -2.54. The van der Waals surface area contributed by atoms with Gasteiger partial charge in [-0.15, -0.1) is 6.58 Å². The van der Waals surface area contributed by atoms with Crippen molar-refractivity contribution in [1.82, 2.24) is 0 Å². The fraction of sp³-hybridized carbons (Fsp3) is 0.630. The molecule has 0 saturated heterocycles. The summed E-state index contributed by atoms with van der Waals surface area (Å²) in [5.74, 6) is -0.709. The monoisotopic (exact) mass is 464 g/mol. The van der Waals surface area contributed by atoms with Crippen LogP contribution in [0.1, 0.15) is 75.3 Å². The highest BCUT2D eigenvalue weighted by molar-refractivity contribution is 5.43. The second-order valence-electron chi connectivity index (χ2n) is 10.7. The first-order valence-electron chi connectivity index (χ1n) is 12.2. The van der Waals surface area contributed by atoms with Gasteiger partial charge >= 0.3 is 6.08 Å². The van der Waals surface area contributed by atoms with Crippen LogP contribution in [0.3, 0.4) is 0 Å². The van der Waals surface area contributed by atoms with Crippen LogP contribution < -0.4 is 0 Å². The quantitative estimate of drug-likeness (QED) is 0.324. The highest BCUT2D eigenvalue weighted by Crippen LogP contribution is 2.69. The molecule has 182 valence electrons. The first-order chi connectivity index (χ1) is 15.6. The number of aliphatic hydroxyl groups excluding tert-OH is 2. The fourth-order valence-electron chi connectivity index (χ4n) is 7.69. The Hall–Kier alpha value is -1.79. The van der Waals surface area contributed by atoms with E-state index in [-0.39, 0.29) is 40.9 Å². The zero-order chi connectivity index (χ0) is 24.0. The summed E-state index contributed by atoms with van der Waals surface area (Å²) in [6, 6.07) is 5.62. The molecule has 0 amide bonds. The van der Waals surface area contributed by atoms with Crippen molar-refractivity contribution in [2.24, 2.45) is 22.7 Å². The molecule has 2 fully saturated rings. The Kier molecular flexibility index (Phi) is 6.71. The van der Waals surface area contributed by atoms with Crippen LogP contribution in [0.2, 0.25) is 0 Å². The maximum Gasteiger partial charge on any atom is 0.304 e. The lowest BCUT2D eigenvalue weighted by molar-refractivity contribution is -0.0813. The molecule has 6 heteroatoms. The summed E-state index contributed by atoms with van der Waals surface area (Å²) in [5.41, 5.74) is 2.03. The minimum atomic E-state index is -2.46. The topological polar surface area (TPSA) is 60.7 Å². The number of phenols is 1. The summed E-state index contributed by atoms with van der Waals surface area (Å²) < 4.78 is 38.1. The van der Waals surface area contributed by atoms with E-state index >= 15 is 0 Å². The van der Waals surface area contributed by atoms with Crippen molar-refractivity contribution in [3.63, 3.8) is 0 Å². The normalized spacial score (nSPS) is 35.8. The van der Waals surface area contributed by atoms with Gasteiger partial charge in [0.25, 0.3) is 0 Å². The lowest BCUT2D eigenvalue weighted by Gasteiger charge is -2.60. The molecular formula is C27H35F3O3. The van der Waals surface area contributed by atoms with Crippen molar-refractivity contribution in [3.8, 4) is 5.75 Å². The van der Waals surface area contributed by atoms with Crippen molar-refractivity contribution in [2.45, 2.75) is 82.8 Å². The molecule has 0 bridgehead atoms. The summed E-state index contributed by atoms with van der Waals surface area (Å²) in [6.45, 7) is 6.47. The number of fused-ring (bicyclic) bond motifs is 5. The minimum Gasteiger partial charge on any atom is -0.508 e. The van der Waals surface area contributed by atoms with Crippen molar-refractivity contribution in [2.75, 3.05) is 0 Å². The number of unbranched alkanes of at least 4 members (excludes halogenated alkanes) is 1. The Morgan fingerprint density at radius 2 is 2.00 bits per heavy atom. The van der Waals surface area contributed by atoms with Crippen LogP contribution in [0.15, 0.2) is 42.8 Å². The van der Waals surface area contributed by atoms with E-state index in [4.69, 9.17) is 0 Å². The molecule has 1 aromatic rings. The Balaban J connectivity index is 1.61. The van der Waals surface area contributed by atoms with Crippen LogP contribution in [0, 0.1) is 22.7 Å². The van der Waals surface area contributed by atoms with Gasteiger partial charge in [0, 0.05) is 0 Å². The van der Waals surface area contributed by atoms with Gasteiger partial charge in [-0.2, -0.15) is 8.78 Å². The predicted molar refractivity (Wildman–Crippen MR) is 122 cm³/mol. The van der Waals surface area contributed by atoms with E-state index in [1.54, 1.807) is 6.07 Å². The summed E-state index contributed by atoms with van der Waals surface area (Å²) >= 11 is 0. The second-order valence-corrected chi connectivity index (χ2v) is 10.7. The van der Waals surface area contributed by atoms with Gasteiger partial charge in [0.1, 0.15) is 11.9 Å². The summed E-state index contributed by atoms with van der Waals surface area (Å²) in [4.78, 5) is 0. The second kappa shape index (κ2) is 9.10. The van der Waals surface area contributed by atoms with E-state index in [1.807, 2.05) is 12.1 Å². The number of rotatable bonds is 7. The van der Waals surface area contributed by atoms with E-state index in [0.717, 1.165) is 44.1 Å². The zero-order valence-corrected chi connectivity index (χ0v) is 19.2. The van der Waals surface area contributed by atoms with Crippen LogP contribution in [0.25, 0.3) is 0 Å². The first kappa shape index (κ1) is 24.3. The molecule has 0 radical (unpaired) electrons. The summed E-state index contributed by atoms with van der Waals surface area (Å²) in [5, 5.41) is 30.7. The molecule has 33 heavy (non-hydrogen) atoms. The van der Waals surface area contributed by atoms with Crippen molar-refractivity contribution in [3.05, 3.63) is 53.9 Å². The molecule has 4 rings (SSSR count). The molecule has 3 N–H and O–H groups in total. The predicted octanol–water partition coefficient (Wildman–Crippen LogP) is 6.39. The molecule has 7 atom stereocenters.